The van der Waals surface area contributed by atoms with Gasteiger partial charge in [-0.15, -0.1) is 0 Å². The number of benzene rings is 3. The van der Waals surface area contributed by atoms with E-state index in [2.05, 4.69) is 10.0 Å². The number of hydrogen-bond acceptors (Lipinski definition) is 4. The zero-order valence-corrected chi connectivity index (χ0v) is 17.8. The first-order valence-electron chi connectivity index (χ1n) is 9.48. The van der Waals surface area contributed by atoms with E-state index in [-0.39, 0.29) is 22.8 Å². The second kappa shape index (κ2) is 9.33. The Bertz CT molecular complexity index is 1280. The minimum absolute atomic E-state index is 0.105. The van der Waals surface area contributed by atoms with Crippen molar-refractivity contribution in [2.24, 2.45) is 5.73 Å². The fourth-order valence-corrected chi connectivity index (χ4v) is 4.02. The van der Waals surface area contributed by atoms with Gasteiger partial charge in [0.1, 0.15) is 5.84 Å². The third kappa shape index (κ3) is 6.10. The molecule has 0 unspecified atom stereocenters. The molecule has 0 heterocycles. The highest BCUT2D eigenvalue weighted by Gasteiger charge is 2.34. The Balaban J connectivity index is 1.81. The van der Waals surface area contributed by atoms with E-state index < -0.39 is 33.4 Å². The molecule has 7 nitrogen and oxygen atoms in total. The van der Waals surface area contributed by atoms with E-state index in [1.54, 1.807) is 18.2 Å². The number of rotatable bonds is 7. The lowest BCUT2D eigenvalue weighted by molar-refractivity contribution is -0.136. The molecule has 11 heteroatoms. The summed E-state index contributed by atoms with van der Waals surface area (Å²) in [5, 5.41) is 9.57. The van der Waals surface area contributed by atoms with Gasteiger partial charge in [-0.3, -0.25) is 14.9 Å². The molecule has 0 saturated carbocycles. The maximum absolute atomic E-state index is 13.6. The standard InChI is InChI=1S/C22H19F3N4O3S/c23-22(24,25)18-13-16(29-33(31,32)17-4-2-1-3-5-17)10-11-19(18)28-20(30)12-14-6-8-15(9-7-14)21(26)27/h1-11,13,29H,12H2,(H3,26,27)(H,28,30). The zero-order valence-electron chi connectivity index (χ0n) is 17.0. The number of carbonyl (C=O) groups is 1. The van der Waals surface area contributed by atoms with Crippen molar-refractivity contribution in [3.63, 3.8) is 0 Å². The zero-order chi connectivity index (χ0) is 24.2. The molecule has 3 aromatic rings. The molecule has 0 saturated heterocycles. The number of nitrogens with two attached hydrogens (primary N) is 1. The van der Waals surface area contributed by atoms with Gasteiger partial charge in [0, 0.05) is 11.3 Å². The lowest BCUT2D eigenvalue weighted by Crippen LogP contribution is -2.19. The van der Waals surface area contributed by atoms with Crippen LogP contribution in [0.15, 0.2) is 77.7 Å². The summed E-state index contributed by atoms with van der Waals surface area (Å²) < 4.78 is 67.8. The van der Waals surface area contributed by atoms with Crippen molar-refractivity contribution in [3.8, 4) is 0 Å². The van der Waals surface area contributed by atoms with Crippen LogP contribution in [0.2, 0.25) is 0 Å². The largest absolute Gasteiger partial charge is 0.418 e. The van der Waals surface area contributed by atoms with E-state index in [9.17, 15) is 26.4 Å². The van der Waals surface area contributed by atoms with Crippen molar-refractivity contribution in [1.29, 1.82) is 5.41 Å². The summed E-state index contributed by atoms with van der Waals surface area (Å²) >= 11 is 0. The molecule has 5 N–H and O–H groups in total. The van der Waals surface area contributed by atoms with Gasteiger partial charge in [-0.05, 0) is 35.9 Å². The molecule has 172 valence electrons. The lowest BCUT2D eigenvalue weighted by atomic mass is 10.1. The molecule has 0 aliphatic heterocycles. The molecule has 0 atom stereocenters. The predicted octanol–water partition coefficient (Wildman–Crippen LogP) is 3.97. The molecule has 0 aliphatic carbocycles. The molecule has 0 radical (unpaired) electrons. The number of sulfonamides is 1. The van der Waals surface area contributed by atoms with Crippen LogP contribution in [-0.4, -0.2) is 20.2 Å². The van der Waals surface area contributed by atoms with Crippen molar-refractivity contribution >= 4 is 33.1 Å². The average molecular weight is 476 g/mol. The number of amides is 1. The fraction of sp³-hybridized carbons (Fsp3) is 0.0909. The van der Waals surface area contributed by atoms with E-state index in [4.69, 9.17) is 11.1 Å². The third-order valence-corrected chi connectivity index (χ3v) is 5.93. The van der Waals surface area contributed by atoms with Gasteiger partial charge in [0.25, 0.3) is 10.0 Å². The number of anilines is 2. The summed E-state index contributed by atoms with van der Waals surface area (Å²) in [6.45, 7) is 0. The number of alkyl halides is 3. The van der Waals surface area contributed by atoms with Crippen LogP contribution in [0.4, 0.5) is 24.5 Å². The summed E-state index contributed by atoms with van der Waals surface area (Å²) in [6.07, 6.45) is -5.06. The van der Waals surface area contributed by atoms with Crippen LogP contribution >= 0.6 is 0 Å². The van der Waals surface area contributed by atoms with Gasteiger partial charge in [0.2, 0.25) is 5.91 Å². The molecule has 0 bridgehead atoms. The molecule has 0 aliphatic rings. The van der Waals surface area contributed by atoms with Gasteiger partial charge in [-0.2, -0.15) is 13.2 Å². The predicted molar refractivity (Wildman–Crippen MR) is 118 cm³/mol. The Labute approximate surface area is 188 Å². The second-order valence-electron chi connectivity index (χ2n) is 7.01. The Morgan fingerprint density at radius 3 is 2.18 bits per heavy atom. The maximum Gasteiger partial charge on any atom is 0.418 e. The molecule has 3 aromatic carbocycles. The minimum Gasteiger partial charge on any atom is -0.384 e. The van der Waals surface area contributed by atoms with Gasteiger partial charge < -0.3 is 11.1 Å². The third-order valence-electron chi connectivity index (χ3n) is 4.53. The summed E-state index contributed by atoms with van der Waals surface area (Å²) in [4.78, 5) is 12.2. The molecular weight excluding hydrogens is 457 g/mol. The highest BCUT2D eigenvalue weighted by Crippen LogP contribution is 2.37. The molecular formula is C22H19F3N4O3S. The van der Waals surface area contributed by atoms with Crippen LogP contribution in [0.5, 0.6) is 0 Å². The van der Waals surface area contributed by atoms with Crippen LogP contribution in [-0.2, 0) is 27.4 Å². The van der Waals surface area contributed by atoms with Gasteiger partial charge in [-0.25, -0.2) is 8.42 Å². The highest BCUT2D eigenvalue weighted by molar-refractivity contribution is 7.92. The first kappa shape index (κ1) is 23.8. The molecule has 0 fully saturated rings. The molecule has 1 amide bonds. The first-order chi connectivity index (χ1) is 15.5. The van der Waals surface area contributed by atoms with E-state index in [0.717, 1.165) is 12.1 Å². The van der Waals surface area contributed by atoms with E-state index >= 15 is 0 Å². The van der Waals surface area contributed by atoms with Crippen LogP contribution in [0.3, 0.4) is 0 Å². The Morgan fingerprint density at radius 1 is 0.970 bits per heavy atom. The number of nitrogens with one attached hydrogen (secondary N) is 3. The molecule has 33 heavy (non-hydrogen) atoms. The number of carbonyl (C=O) groups excluding carboxylic acids is 1. The fourth-order valence-electron chi connectivity index (χ4n) is 2.95. The minimum atomic E-state index is -4.85. The van der Waals surface area contributed by atoms with Crippen molar-refractivity contribution in [2.45, 2.75) is 17.5 Å². The monoisotopic (exact) mass is 476 g/mol. The van der Waals surface area contributed by atoms with Gasteiger partial charge in [-0.1, -0.05) is 42.5 Å². The van der Waals surface area contributed by atoms with E-state index in [1.165, 1.54) is 36.4 Å². The maximum atomic E-state index is 13.6. The second-order valence-corrected chi connectivity index (χ2v) is 8.69. The summed E-state index contributed by atoms with van der Waals surface area (Å²) in [7, 11) is -4.09. The average Bonchev–Trinajstić information content (AvgIpc) is 2.75. The topological polar surface area (TPSA) is 125 Å². The highest BCUT2D eigenvalue weighted by atomic mass is 32.2. The van der Waals surface area contributed by atoms with Crippen LogP contribution in [0.1, 0.15) is 16.7 Å². The molecule has 0 spiro atoms. The smallest absolute Gasteiger partial charge is 0.384 e. The van der Waals surface area contributed by atoms with Gasteiger partial charge in [0.15, 0.2) is 0 Å². The SMILES string of the molecule is N=C(N)c1ccc(CC(=O)Nc2ccc(NS(=O)(=O)c3ccccc3)cc2C(F)(F)F)cc1. The van der Waals surface area contributed by atoms with Crippen molar-refractivity contribution in [3.05, 3.63) is 89.5 Å². The number of halogens is 3. The number of nitrogen functional groups attached to an aromatic ring is 1. The summed E-state index contributed by atoms with van der Waals surface area (Å²) in [6, 6.07) is 16.1. The lowest BCUT2D eigenvalue weighted by Gasteiger charge is -2.16. The number of hydrogen-bond donors (Lipinski definition) is 4. The van der Waals surface area contributed by atoms with Crippen molar-refractivity contribution in [2.75, 3.05) is 10.0 Å². The van der Waals surface area contributed by atoms with Gasteiger partial charge >= 0.3 is 6.18 Å². The van der Waals surface area contributed by atoms with Crippen LogP contribution in [0, 0.1) is 5.41 Å². The van der Waals surface area contributed by atoms with E-state index in [0.29, 0.717) is 17.2 Å². The van der Waals surface area contributed by atoms with Gasteiger partial charge in [0.05, 0.1) is 22.6 Å². The van der Waals surface area contributed by atoms with Crippen molar-refractivity contribution in [1.82, 2.24) is 0 Å². The van der Waals surface area contributed by atoms with Crippen molar-refractivity contribution < 1.29 is 26.4 Å². The quantitative estimate of drug-likeness (QED) is 0.304. The van der Waals surface area contributed by atoms with Crippen LogP contribution in [0.25, 0.3) is 0 Å². The normalized spacial score (nSPS) is 11.6. The van der Waals surface area contributed by atoms with E-state index in [1.807, 2.05) is 0 Å². The molecule has 3 rings (SSSR count). The van der Waals surface area contributed by atoms with Crippen LogP contribution < -0.4 is 15.8 Å². The molecule has 0 aromatic heterocycles. The summed E-state index contributed by atoms with van der Waals surface area (Å²) in [5.41, 5.74) is 4.32. The Kier molecular flexibility index (Phi) is 6.73. The first-order valence-corrected chi connectivity index (χ1v) is 11.0. The Hall–Kier alpha value is -3.86. The summed E-state index contributed by atoms with van der Waals surface area (Å²) in [5.74, 6) is -0.850. The Morgan fingerprint density at radius 2 is 1.61 bits per heavy atom. The number of amidine groups is 1.